The van der Waals surface area contributed by atoms with Gasteiger partial charge in [-0.15, -0.1) is 0 Å². The fourth-order valence-corrected chi connectivity index (χ4v) is 6.16. The number of nitrogens with zero attached hydrogens (tertiary/aromatic N) is 4. The summed E-state index contributed by atoms with van der Waals surface area (Å²) >= 11 is 1.34. The third kappa shape index (κ3) is 4.65. The van der Waals surface area contributed by atoms with Crippen LogP contribution in [0.4, 0.5) is 20.0 Å². The van der Waals surface area contributed by atoms with Crippen molar-refractivity contribution in [3.05, 3.63) is 59.8 Å². The fourth-order valence-electron chi connectivity index (χ4n) is 5.04. The number of nitrogens with one attached hydrogen (secondary N) is 2. The molecule has 3 heterocycles. The second-order valence-electron chi connectivity index (χ2n) is 9.41. The molecular weight excluding hydrogens is 507 g/mol. The van der Waals surface area contributed by atoms with E-state index in [4.69, 9.17) is 9.84 Å². The van der Waals surface area contributed by atoms with Crippen molar-refractivity contribution in [2.45, 2.75) is 51.6 Å². The van der Waals surface area contributed by atoms with Crippen molar-refractivity contribution in [1.82, 2.24) is 19.7 Å². The summed E-state index contributed by atoms with van der Waals surface area (Å²) in [5, 5.41) is 10.7. The Labute approximate surface area is 222 Å². The van der Waals surface area contributed by atoms with E-state index >= 15 is 4.39 Å². The first-order valence-corrected chi connectivity index (χ1v) is 13.4. The number of halogens is 1. The van der Waals surface area contributed by atoms with E-state index in [1.807, 2.05) is 12.1 Å². The number of ether oxygens (including phenoxy) is 1. The highest BCUT2D eigenvalue weighted by Gasteiger charge is 2.31. The Morgan fingerprint density at radius 3 is 2.74 bits per heavy atom. The number of hydrogen-bond acceptors (Lipinski definition) is 7. The number of carbonyl (C=O) groups excluding carboxylic acids is 2. The van der Waals surface area contributed by atoms with E-state index in [1.165, 1.54) is 24.3 Å². The topological polar surface area (TPSA) is 111 Å². The smallest absolute Gasteiger partial charge is 0.411 e. The second-order valence-corrected chi connectivity index (χ2v) is 10.4. The summed E-state index contributed by atoms with van der Waals surface area (Å²) in [5.41, 5.74) is 4.60. The summed E-state index contributed by atoms with van der Waals surface area (Å²) in [6, 6.07) is 8.24. The number of rotatable bonds is 5. The van der Waals surface area contributed by atoms with E-state index in [9.17, 15) is 9.59 Å². The SMILES string of the molecule is CC(=O)Nc1nc2c(s1)-c1c(c(-c3cccnc3)nn1-c1ccc(NC(=O)OC3CCCC3)cc1F)CC2. The van der Waals surface area contributed by atoms with Gasteiger partial charge in [-0.1, -0.05) is 11.3 Å². The molecule has 0 bridgehead atoms. The van der Waals surface area contributed by atoms with Crippen LogP contribution in [0.25, 0.3) is 27.5 Å². The molecule has 4 aromatic rings. The van der Waals surface area contributed by atoms with Crippen LogP contribution >= 0.6 is 11.3 Å². The lowest BCUT2D eigenvalue weighted by Crippen LogP contribution is -2.20. The van der Waals surface area contributed by atoms with E-state index in [-0.39, 0.29) is 17.7 Å². The molecule has 0 atom stereocenters. The Bertz CT molecular complexity index is 1530. The van der Waals surface area contributed by atoms with Gasteiger partial charge in [-0.2, -0.15) is 5.10 Å². The number of aryl methyl sites for hydroxylation is 1. The molecule has 0 aliphatic heterocycles. The zero-order chi connectivity index (χ0) is 26.2. The van der Waals surface area contributed by atoms with Crippen LogP contribution in [0.1, 0.15) is 43.9 Å². The Kier molecular flexibility index (Phi) is 6.36. The Morgan fingerprint density at radius 1 is 1.16 bits per heavy atom. The molecule has 2 N–H and O–H groups in total. The number of hydrogen-bond donors (Lipinski definition) is 2. The molecule has 2 aliphatic rings. The summed E-state index contributed by atoms with van der Waals surface area (Å²) < 4.78 is 22.6. The van der Waals surface area contributed by atoms with Crippen molar-refractivity contribution in [2.75, 3.05) is 10.6 Å². The average molecular weight is 533 g/mol. The number of fused-ring (bicyclic) bond motifs is 3. The van der Waals surface area contributed by atoms with Gasteiger partial charge in [-0.25, -0.2) is 18.9 Å². The van der Waals surface area contributed by atoms with Crippen LogP contribution < -0.4 is 10.6 Å². The number of carbonyl (C=O) groups is 2. The van der Waals surface area contributed by atoms with E-state index in [0.717, 1.165) is 58.8 Å². The molecule has 2 aliphatic carbocycles. The van der Waals surface area contributed by atoms with Crippen molar-refractivity contribution in [2.24, 2.45) is 0 Å². The maximum atomic E-state index is 15.6. The molecule has 1 saturated carbocycles. The van der Waals surface area contributed by atoms with Gasteiger partial charge < -0.3 is 10.1 Å². The zero-order valence-electron chi connectivity index (χ0n) is 20.7. The third-order valence-electron chi connectivity index (χ3n) is 6.72. The molecule has 2 amide bonds. The van der Waals surface area contributed by atoms with Crippen molar-refractivity contribution in [3.63, 3.8) is 0 Å². The van der Waals surface area contributed by atoms with Gasteiger partial charge in [0.15, 0.2) is 10.9 Å². The fraction of sp³-hybridized carbons (Fsp3) is 0.296. The minimum absolute atomic E-state index is 0.0865. The number of anilines is 2. The van der Waals surface area contributed by atoms with E-state index in [2.05, 4.69) is 20.6 Å². The maximum Gasteiger partial charge on any atom is 0.411 e. The molecule has 0 radical (unpaired) electrons. The van der Waals surface area contributed by atoms with Crippen molar-refractivity contribution < 1.29 is 18.7 Å². The summed E-state index contributed by atoms with van der Waals surface area (Å²) in [7, 11) is 0. The van der Waals surface area contributed by atoms with Crippen LogP contribution in [-0.2, 0) is 22.4 Å². The van der Waals surface area contributed by atoms with Crippen molar-refractivity contribution in [3.8, 4) is 27.5 Å². The Hall–Kier alpha value is -4.12. The van der Waals surface area contributed by atoms with Gasteiger partial charge in [0.2, 0.25) is 5.91 Å². The maximum absolute atomic E-state index is 15.6. The largest absolute Gasteiger partial charge is 0.446 e. The number of benzene rings is 1. The predicted molar refractivity (Wildman–Crippen MR) is 142 cm³/mol. The molecule has 6 rings (SSSR count). The quantitative estimate of drug-likeness (QED) is 0.339. The highest BCUT2D eigenvalue weighted by atomic mass is 32.1. The van der Waals surface area contributed by atoms with E-state index in [1.54, 1.807) is 29.2 Å². The molecule has 1 fully saturated rings. The van der Waals surface area contributed by atoms with Gasteiger partial charge >= 0.3 is 6.09 Å². The monoisotopic (exact) mass is 532 g/mol. The number of aromatic nitrogens is 4. The zero-order valence-corrected chi connectivity index (χ0v) is 21.5. The first-order chi connectivity index (χ1) is 18.5. The van der Waals surface area contributed by atoms with Gasteiger partial charge in [-0.05, 0) is 68.9 Å². The van der Waals surface area contributed by atoms with Gasteiger partial charge in [0, 0.05) is 36.1 Å². The molecule has 1 aromatic carbocycles. The number of pyridine rings is 1. The Balaban J connectivity index is 1.39. The molecule has 9 nitrogen and oxygen atoms in total. The summed E-state index contributed by atoms with van der Waals surface area (Å²) in [5.74, 6) is -0.758. The van der Waals surface area contributed by atoms with Crippen LogP contribution in [0.5, 0.6) is 0 Å². The number of amides is 2. The van der Waals surface area contributed by atoms with Gasteiger partial charge in [-0.3, -0.25) is 15.1 Å². The lowest BCUT2D eigenvalue weighted by Gasteiger charge is -2.15. The Morgan fingerprint density at radius 2 is 2.00 bits per heavy atom. The van der Waals surface area contributed by atoms with Crippen LogP contribution in [-0.4, -0.2) is 37.9 Å². The summed E-state index contributed by atoms with van der Waals surface area (Å²) in [6.07, 6.45) is 7.88. The highest BCUT2D eigenvalue weighted by Crippen LogP contribution is 2.44. The normalized spacial score (nSPS) is 14.6. The third-order valence-corrected chi connectivity index (χ3v) is 7.74. The first-order valence-electron chi connectivity index (χ1n) is 12.5. The lowest BCUT2D eigenvalue weighted by molar-refractivity contribution is -0.114. The van der Waals surface area contributed by atoms with Crippen molar-refractivity contribution >= 4 is 34.2 Å². The minimum atomic E-state index is -0.584. The van der Waals surface area contributed by atoms with Gasteiger partial charge in [0.1, 0.15) is 11.8 Å². The van der Waals surface area contributed by atoms with E-state index in [0.29, 0.717) is 23.7 Å². The molecule has 194 valence electrons. The van der Waals surface area contributed by atoms with Crippen molar-refractivity contribution in [1.29, 1.82) is 0 Å². The molecule has 0 saturated heterocycles. The molecule has 0 unspecified atom stereocenters. The lowest BCUT2D eigenvalue weighted by atomic mass is 9.95. The average Bonchev–Trinajstić information content (AvgIpc) is 3.62. The van der Waals surface area contributed by atoms with Gasteiger partial charge in [0.05, 0.1) is 22.0 Å². The molecule has 38 heavy (non-hydrogen) atoms. The summed E-state index contributed by atoms with van der Waals surface area (Å²) in [4.78, 5) is 33.6. The molecule has 3 aromatic heterocycles. The molecule has 0 spiro atoms. The second kappa shape index (κ2) is 9.97. The number of thiazole rings is 1. The molecule has 11 heteroatoms. The predicted octanol–water partition coefficient (Wildman–Crippen LogP) is 5.75. The van der Waals surface area contributed by atoms with Crippen LogP contribution in [0.2, 0.25) is 0 Å². The van der Waals surface area contributed by atoms with Crippen LogP contribution in [0, 0.1) is 5.82 Å². The van der Waals surface area contributed by atoms with Crippen LogP contribution in [0.15, 0.2) is 42.7 Å². The van der Waals surface area contributed by atoms with E-state index < -0.39 is 11.9 Å². The van der Waals surface area contributed by atoms with Crippen LogP contribution in [0.3, 0.4) is 0 Å². The summed E-state index contributed by atoms with van der Waals surface area (Å²) in [6.45, 7) is 1.44. The highest BCUT2D eigenvalue weighted by molar-refractivity contribution is 7.19. The molecular formula is C27H25FN6O3S. The standard InChI is InChI=1S/C27H25FN6O3S/c1-15(35)30-26-32-21-10-9-19-23(16-5-4-12-29-14-16)33-34(24(19)25(21)38-26)22-11-8-17(13-20(22)28)31-27(36)37-18-6-2-3-7-18/h4-5,8,11-14,18H,2-3,6-7,9-10H2,1H3,(H,31,36)(H,30,32,35). The van der Waals surface area contributed by atoms with Gasteiger partial charge in [0.25, 0.3) is 0 Å². The minimum Gasteiger partial charge on any atom is -0.446 e. The first kappa shape index (κ1) is 24.2.